The Balaban J connectivity index is 1.89. The van der Waals surface area contributed by atoms with Gasteiger partial charge in [0, 0.05) is 20.7 Å². The Hall–Kier alpha value is -2.14. The number of aromatic amines is 1. The van der Waals surface area contributed by atoms with Gasteiger partial charge in [0.25, 0.3) is 0 Å². The number of carbonyl (C=O) groups excluding carboxylic acids is 1. The fourth-order valence-corrected chi connectivity index (χ4v) is 4.31. The van der Waals surface area contributed by atoms with E-state index in [1.165, 1.54) is 7.11 Å². The third-order valence-corrected chi connectivity index (χ3v) is 5.92. The second kappa shape index (κ2) is 6.88. The number of aromatic nitrogens is 1. The van der Waals surface area contributed by atoms with E-state index in [9.17, 15) is 4.79 Å². The standard InChI is InChI=1S/C20H13Cl2NO2S/c1-25-20(24)18-9-14-12-4-2-3-5-13(12)19(10-17(14)23-18)26-11-6-7-15(21)16(22)8-11/h2-10,23H,1H3. The lowest BCUT2D eigenvalue weighted by atomic mass is 10.1. The second-order valence-corrected chi connectivity index (χ2v) is 7.66. The van der Waals surface area contributed by atoms with Gasteiger partial charge in [0.15, 0.2) is 0 Å². The lowest BCUT2D eigenvalue weighted by Gasteiger charge is -2.09. The van der Waals surface area contributed by atoms with Gasteiger partial charge < -0.3 is 9.72 Å². The maximum atomic E-state index is 11.9. The van der Waals surface area contributed by atoms with Crippen LogP contribution in [0.5, 0.6) is 0 Å². The van der Waals surface area contributed by atoms with Crippen molar-refractivity contribution in [1.29, 1.82) is 0 Å². The summed E-state index contributed by atoms with van der Waals surface area (Å²) in [5.74, 6) is -0.385. The third kappa shape index (κ3) is 3.05. The van der Waals surface area contributed by atoms with E-state index in [1.54, 1.807) is 17.8 Å². The molecule has 1 N–H and O–H groups in total. The van der Waals surface area contributed by atoms with Crippen molar-refractivity contribution in [3.63, 3.8) is 0 Å². The summed E-state index contributed by atoms with van der Waals surface area (Å²) in [7, 11) is 1.37. The molecule has 0 bridgehead atoms. The maximum absolute atomic E-state index is 11.9. The van der Waals surface area contributed by atoms with E-state index < -0.39 is 0 Å². The van der Waals surface area contributed by atoms with Gasteiger partial charge in [0.2, 0.25) is 0 Å². The summed E-state index contributed by atoms with van der Waals surface area (Å²) in [5, 5.41) is 4.21. The molecule has 6 heteroatoms. The zero-order valence-electron chi connectivity index (χ0n) is 13.7. The minimum atomic E-state index is -0.385. The Kier molecular flexibility index (Phi) is 4.57. The van der Waals surface area contributed by atoms with Crippen LogP contribution in [0.15, 0.2) is 64.4 Å². The molecule has 0 saturated carbocycles. The van der Waals surface area contributed by atoms with E-state index in [2.05, 4.69) is 11.1 Å². The Labute approximate surface area is 164 Å². The number of esters is 1. The van der Waals surface area contributed by atoms with Crippen molar-refractivity contribution >= 4 is 62.6 Å². The Morgan fingerprint density at radius 1 is 0.962 bits per heavy atom. The van der Waals surface area contributed by atoms with Crippen LogP contribution >= 0.6 is 35.0 Å². The fourth-order valence-electron chi connectivity index (χ4n) is 2.92. The Morgan fingerprint density at radius 2 is 1.73 bits per heavy atom. The van der Waals surface area contributed by atoms with Crippen molar-refractivity contribution in [3.8, 4) is 0 Å². The van der Waals surface area contributed by atoms with Crippen molar-refractivity contribution in [2.45, 2.75) is 9.79 Å². The van der Waals surface area contributed by atoms with Gasteiger partial charge in [0.1, 0.15) is 5.69 Å². The van der Waals surface area contributed by atoms with Gasteiger partial charge in [-0.15, -0.1) is 0 Å². The summed E-state index contributed by atoms with van der Waals surface area (Å²) in [6.45, 7) is 0. The van der Waals surface area contributed by atoms with Crippen molar-refractivity contribution in [2.24, 2.45) is 0 Å². The normalized spacial score (nSPS) is 11.2. The number of benzene rings is 3. The molecule has 4 aromatic rings. The molecule has 0 unspecified atom stereocenters. The van der Waals surface area contributed by atoms with Crippen LogP contribution in [0.3, 0.4) is 0 Å². The van der Waals surface area contributed by atoms with Crippen LogP contribution in [-0.4, -0.2) is 18.1 Å². The van der Waals surface area contributed by atoms with Gasteiger partial charge in [-0.05, 0) is 41.1 Å². The zero-order valence-corrected chi connectivity index (χ0v) is 16.0. The lowest BCUT2D eigenvalue weighted by molar-refractivity contribution is 0.0595. The first-order chi connectivity index (χ1) is 12.6. The van der Waals surface area contributed by atoms with E-state index in [0.29, 0.717) is 15.7 Å². The SMILES string of the molecule is COC(=O)c1cc2c(cc(Sc3ccc(Cl)c(Cl)c3)c3ccccc32)[nH]1. The number of rotatable bonds is 3. The molecule has 4 rings (SSSR count). The number of carbonyl (C=O) groups is 1. The van der Waals surface area contributed by atoms with E-state index in [-0.39, 0.29) is 5.97 Å². The highest BCUT2D eigenvalue weighted by molar-refractivity contribution is 7.99. The number of hydrogen-bond acceptors (Lipinski definition) is 3. The highest BCUT2D eigenvalue weighted by Gasteiger charge is 2.14. The van der Waals surface area contributed by atoms with E-state index in [1.807, 2.05) is 42.5 Å². The molecule has 3 aromatic carbocycles. The number of methoxy groups -OCH3 is 1. The largest absolute Gasteiger partial charge is 0.464 e. The third-order valence-electron chi connectivity index (χ3n) is 4.13. The van der Waals surface area contributed by atoms with E-state index in [0.717, 1.165) is 31.5 Å². The molecule has 0 aliphatic rings. The predicted molar refractivity (Wildman–Crippen MR) is 108 cm³/mol. The highest BCUT2D eigenvalue weighted by atomic mass is 35.5. The van der Waals surface area contributed by atoms with E-state index in [4.69, 9.17) is 27.9 Å². The second-order valence-electron chi connectivity index (χ2n) is 5.73. The molecule has 0 aliphatic heterocycles. The average molecular weight is 402 g/mol. The summed E-state index contributed by atoms with van der Waals surface area (Å²) in [5.41, 5.74) is 1.32. The van der Waals surface area contributed by atoms with Crippen LogP contribution in [0.25, 0.3) is 21.7 Å². The first kappa shape index (κ1) is 17.3. The van der Waals surface area contributed by atoms with Crippen molar-refractivity contribution in [1.82, 2.24) is 4.98 Å². The fraction of sp³-hybridized carbons (Fsp3) is 0.0500. The van der Waals surface area contributed by atoms with Gasteiger partial charge >= 0.3 is 5.97 Å². The summed E-state index contributed by atoms with van der Waals surface area (Å²) in [6.07, 6.45) is 0. The Morgan fingerprint density at radius 3 is 2.46 bits per heavy atom. The average Bonchev–Trinajstić information content (AvgIpc) is 3.08. The number of halogens is 2. The molecule has 0 spiro atoms. The van der Waals surface area contributed by atoms with E-state index >= 15 is 0 Å². The van der Waals surface area contributed by atoms with Crippen LogP contribution in [-0.2, 0) is 4.74 Å². The molecule has 3 nitrogen and oxygen atoms in total. The predicted octanol–water partition coefficient (Wildman–Crippen LogP) is 6.57. The molecule has 0 atom stereocenters. The number of H-pyrrole nitrogens is 1. The number of hydrogen-bond donors (Lipinski definition) is 1. The minimum absolute atomic E-state index is 0.385. The van der Waals surface area contributed by atoms with Gasteiger partial charge in [-0.3, -0.25) is 0 Å². The summed E-state index contributed by atoms with van der Waals surface area (Å²) in [6, 6.07) is 17.5. The first-order valence-corrected chi connectivity index (χ1v) is 9.40. The number of fused-ring (bicyclic) bond motifs is 3. The summed E-state index contributed by atoms with van der Waals surface area (Å²) < 4.78 is 4.83. The molecule has 1 aromatic heterocycles. The van der Waals surface area contributed by atoms with Crippen LogP contribution < -0.4 is 0 Å². The molecule has 0 aliphatic carbocycles. The molecular weight excluding hydrogens is 389 g/mol. The van der Waals surface area contributed by atoms with Crippen LogP contribution in [0.4, 0.5) is 0 Å². The van der Waals surface area contributed by atoms with Gasteiger partial charge in [-0.1, -0.05) is 59.2 Å². The smallest absolute Gasteiger partial charge is 0.354 e. The summed E-state index contributed by atoms with van der Waals surface area (Å²) in [4.78, 5) is 17.1. The summed E-state index contributed by atoms with van der Waals surface area (Å²) >= 11 is 13.8. The van der Waals surface area contributed by atoms with Gasteiger partial charge in [-0.2, -0.15) is 0 Å². The number of ether oxygens (including phenoxy) is 1. The molecular formula is C20H13Cl2NO2S. The van der Waals surface area contributed by atoms with Crippen LogP contribution in [0.1, 0.15) is 10.5 Å². The van der Waals surface area contributed by atoms with Crippen LogP contribution in [0, 0.1) is 0 Å². The topological polar surface area (TPSA) is 42.1 Å². The molecule has 0 saturated heterocycles. The Bertz CT molecular complexity index is 1150. The molecule has 0 amide bonds. The first-order valence-electron chi connectivity index (χ1n) is 7.82. The zero-order chi connectivity index (χ0) is 18.3. The van der Waals surface area contributed by atoms with Crippen molar-refractivity contribution in [2.75, 3.05) is 7.11 Å². The van der Waals surface area contributed by atoms with Crippen molar-refractivity contribution in [3.05, 3.63) is 70.3 Å². The van der Waals surface area contributed by atoms with Crippen LogP contribution in [0.2, 0.25) is 10.0 Å². The lowest BCUT2D eigenvalue weighted by Crippen LogP contribution is -2.00. The monoisotopic (exact) mass is 401 g/mol. The molecule has 130 valence electrons. The quantitative estimate of drug-likeness (QED) is 0.394. The molecule has 1 heterocycles. The molecule has 0 fully saturated rings. The molecule has 26 heavy (non-hydrogen) atoms. The van der Waals surface area contributed by atoms with Gasteiger partial charge in [0.05, 0.1) is 17.2 Å². The minimum Gasteiger partial charge on any atom is -0.464 e. The maximum Gasteiger partial charge on any atom is 0.354 e. The highest BCUT2D eigenvalue weighted by Crippen LogP contribution is 2.39. The van der Waals surface area contributed by atoms with Gasteiger partial charge in [-0.25, -0.2) is 4.79 Å². The van der Waals surface area contributed by atoms with Crippen molar-refractivity contribution < 1.29 is 9.53 Å². The number of nitrogens with one attached hydrogen (secondary N) is 1. The molecule has 0 radical (unpaired) electrons.